The molecular weight excluding hydrogens is 318 g/mol. The van der Waals surface area contributed by atoms with Gasteiger partial charge in [-0.2, -0.15) is 5.10 Å². The van der Waals surface area contributed by atoms with Crippen LogP contribution in [0.5, 0.6) is 11.6 Å². The summed E-state index contributed by atoms with van der Waals surface area (Å²) < 4.78 is 6.86. The largest absolute Gasteiger partial charge is 0.437 e. The molecule has 3 aromatic rings. The summed E-state index contributed by atoms with van der Waals surface area (Å²) in [7, 11) is 0. The van der Waals surface area contributed by atoms with Gasteiger partial charge in [-0.25, -0.2) is 0 Å². The highest BCUT2D eigenvalue weighted by molar-refractivity contribution is 9.10. The SMILES string of the molecule is NCc1cc(Br)ccc1Oc1nncc2ccccc12. The van der Waals surface area contributed by atoms with Crippen LogP contribution in [0, 0.1) is 0 Å². The Hall–Kier alpha value is -1.98. The van der Waals surface area contributed by atoms with Gasteiger partial charge in [-0.3, -0.25) is 0 Å². The van der Waals surface area contributed by atoms with E-state index in [2.05, 4.69) is 26.1 Å². The number of fused-ring (bicyclic) bond motifs is 1. The third-order valence-corrected chi connectivity index (χ3v) is 3.48. The number of rotatable bonds is 3. The number of benzene rings is 2. The van der Waals surface area contributed by atoms with Crippen LogP contribution >= 0.6 is 15.9 Å². The first kappa shape index (κ1) is 13.0. The summed E-state index contributed by atoms with van der Waals surface area (Å²) >= 11 is 3.42. The van der Waals surface area contributed by atoms with E-state index in [9.17, 15) is 0 Å². The molecule has 0 aliphatic carbocycles. The molecule has 100 valence electrons. The average molecular weight is 330 g/mol. The Morgan fingerprint density at radius 1 is 1.15 bits per heavy atom. The van der Waals surface area contributed by atoms with Gasteiger partial charge in [0.05, 0.1) is 6.20 Å². The van der Waals surface area contributed by atoms with E-state index in [0.717, 1.165) is 20.8 Å². The maximum absolute atomic E-state index is 5.89. The Kier molecular flexibility index (Phi) is 3.62. The van der Waals surface area contributed by atoms with Gasteiger partial charge in [-0.05, 0) is 24.3 Å². The smallest absolute Gasteiger partial charge is 0.246 e. The highest BCUT2D eigenvalue weighted by Gasteiger charge is 2.09. The molecule has 1 heterocycles. The topological polar surface area (TPSA) is 61.0 Å². The second-order valence-electron chi connectivity index (χ2n) is 4.30. The third kappa shape index (κ3) is 2.50. The maximum Gasteiger partial charge on any atom is 0.246 e. The summed E-state index contributed by atoms with van der Waals surface area (Å²) in [5, 5.41) is 9.96. The molecule has 0 fully saturated rings. The van der Waals surface area contributed by atoms with Crippen molar-refractivity contribution in [1.29, 1.82) is 0 Å². The van der Waals surface area contributed by atoms with E-state index in [-0.39, 0.29) is 0 Å². The molecule has 0 aliphatic rings. The fourth-order valence-corrected chi connectivity index (χ4v) is 2.40. The Morgan fingerprint density at radius 2 is 2.00 bits per heavy atom. The van der Waals surface area contributed by atoms with Gasteiger partial charge in [0.25, 0.3) is 0 Å². The number of hydrogen-bond acceptors (Lipinski definition) is 4. The van der Waals surface area contributed by atoms with Crippen molar-refractivity contribution < 1.29 is 4.74 Å². The van der Waals surface area contributed by atoms with Gasteiger partial charge in [0, 0.05) is 27.4 Å². The normalized spacial score (nSPS) is 10.7. The van der Waals surface area contributed by atoms with E-state index < -0.39 is 0 Å². The molecule has 0 aliphatic heterocycles. The third-order valence-electron chi connectivity index (χ3n) is 2.99. The minimum atomic E-state index is 0.396. The van der Waals surface area contributed by atoms with Crippen LogP contribution in [-0.4, -0.2) is 10.2 Å². The minimum absolute atomic E-state index is 0.396. The van der Waals surface area contributed by atoms with Gasteiger partial charge >= 0.3 is 0 Å². The van der Waals surface area contributed by atoms with Crippen LogP contribution in [0.1, 0.15) is 5.56 Å². The highest BCUT2D eigenvalue weighted by Crippen LogP contribution is 2.30. The van der Waals surface area contributed by atoms with Crippen LogP contribution in [0.4, 0.5) is 0 Å². The molecule has 0 bridgehead atoms. The Bertz CT molecular complexity index is 756. The summed E-state index contributed by atoms with van der Waals surface area (Å²) in [6.07, 6.45) is 1.72. The van der Waals surface area contributed by atoms with Crippen molar-refractivity contribution in [3.63, 3.8) is 0 Å². The van der Waals surface area contributed by atoms with Crippen LogP contribution in [-0.2, 0) is 6.54 Å². The predicted octanol–water partition coefficient (Wildman–Crippen LogP) is 3.64. The molecule has 20 heavy (non-hydrogen) atoms. The molecule has 0 saturated heterocycles. The van der Waals surface area contributed by atoms with Crippen molar-refractivity contribution in [3.05, 3.63) is 58.7 Å². The molecular formula is C15H12BrN3O. The quantitative estimate of drug-likeness (QED) is 0.796. The number of hydrogen-bond donors (Lipinski definition) is 1. The van der Waals surface area contributed by atoms with Crippen molar-refractivity contribution in [3.8, 4) is 11.6 Å². The molecule has 0 atom stereocenters. The summed E-state index contributed by atoms with van der Waals surface area (Å²) in [6.45, 7) is 0.396. The second kappa shape index (κ2) is 5.56. The Balaban J connectivity index is 2.05. The van der Waals surface area contributed by atoms with Gasteiger partial charge in [0.15, 0.2) is 0 Å². The van der Waals surface area contributed by atoms with Crippen LogP contribution in [0.3, 0.4) is 0 Å². The predicted molar refractivity (Wildman–Crippen MR) is 81.6 cm³/mol. The number of halogens is 1. The number of nitrogens with two attached hydrogens (primary N) is 1. The molecule has 3 rings (SSSR count). The Labute approximate surface area is 124 Å². The number of ether oxygens (including phenoxy) is 1. The average Bonchev–Trinajstić information content (AvgIpc) is 2.49. The zero-order valence-corrected chi connectivity index (χ0v) is 12.2. The lowest BCUT2D eigenvalue weighted by molar-refractivity contribution is 0.456. The first-order chi connectivity index (χ1) is 9.78. The van der Waals surface area contributed by atoms with Crippen molar-refractivity contribution in [2.75, 3.05) is 0 Å². The summed E-state index contributed by atoms with van der Waals surface area (Å²) in [5.41, 5.74) is 6.66. The molecule has 4 nitrogen and oxygen atoms in total. The zero-order chi connectivity index (χ0) is 13.9. The van der Waals surface area contributed by atoms with Crippen molar-refractivity contribution in [1.82, 2.24) is 10.2 Å². The zero-order valence-electron chi connectivity index (χ0n) is 10.6. The van der Waals surface area contributed by atoms with Crippen LogP contribution in [0.2, 0.25) is 0 Å². The van der Waals surface area contributed by atoms with E-state index in [1.165, 1.54) is 0 Å². The van der Waals surface area contributed by atoms with E-state index in [1.54, 1.807) is 6.20 Å². The number of nitrogens with zero attached hydrogens (tertiary/aromatic N) is 2. The van der Waals surface area contributed by atoms with Crippen molar-refractivity contribution in [2.45, 2.75) is 6.54 Å². The fourth-order valence-electron chi connectivity index (χ4n) is 1.99. The second-order valence-corrected chi connectivity index (χ2v) is 5.21. The molecule has 0 saturated carbocycles. The van der Waals surface area contributed by atoms with E-state index >= 15 is 0 Å². The fraction of sp³-hybridized carbons (Fsp3) is 0.0667. The van der Waals surface area contributed by atoms with Gasteiger partial charge in [-0.15, -0.1) is 5.10 Å². The van der Waals surface area contributed by atoms with Gasteiger partial charge in [-0.1, -0.05) is 34.1 Å². The molecule has 5 heteroatoms. The summed E-state index contributed by atoms with van der Waals surface area (Å²) in [5.74, 6) is 1.18. The molecule has 1 aromatic heterocycles. The lowest BCUT2D eigenvalue weighted by Crippen LogP contribution is -2.00. The van der Waals surface area contributed by atoms with Crippen LogP contribution in [0.25, 0.3) is 10.8 Å². The van der Waals surface area contributed by atoms with Crippen LogP contribution in [0.15, 0.2) is 53.1 Å². The lowest BCUT2D eigenvalue weighted by Gasteiger charge is -2.10. The molecule has 0 radical (unpaired) electrons. The number of aromatic nitrogens is 2. The summed E-state index contributed by atoms with van der Waals surface area (Å²) in [4.78, 5) is 0. The minimum Gasteiger partial charge on any atom is -0.437 e. The van der Waals surface area contributed by atoms with E-state index in [4.69, 9.17) is 10.5 Å². The molecule has 2 N–H and O–H groups in total. The first-order valence-corrected chi connectivity index (χ1v) is 6.94. The van der Waals surface area contributed by atoms with Gasteiger partial charge in [0.2, 0.25) is 5.88 Å². The van der Waals surface area contributed by atoms with Crippen LogP contribution < -0.4 is 10.5 Å². The van der Waals surface area contributed by atoms with Gasteiger partial charge < -0.3 is 10.5 Å². The molecule has 0 spiro atoms. The highest BCUT2D eigenvalue weighted by atomic mass is 79.9. The van der Waals surface area contributed by atoms with E-state index in [1.807, 2.05) is 42.5 Å². The molecule has 0 unspecified atom stereocenters. The van der Waals surface area contributed by atoms with Crippen molar-refractivity contribution in [2.24, 2.45) is 5.73 Å². The summed E-state index contributed by atoms with van der Waals surface area (Å²) in [6, 6.07) is 13.6. The molecule has 0 amide bonds. The van der Waals surface area contributed by atoms with E-state index in [0.29, 0.717) is 18.2 Å². The van der Waals surface area contributed by atoms with Gasteiger partial charge in [0.1, 0.15) is 5.75 Å². The standard InChI is InChI=1S/C15H12BrN3O/c16-12-5-6-14(11(7-12)8-17)20-15-13-4-2-1-3-10(13)9-18-19-15/h1-7,9H,8,17H2. The Morgan fingerprint density at radius 3 is 2.85 bits per heavy atom. The monoisotopic (exact) mass is 329 g/mol. The molecule has 2 aromatic carbocycles. The lowest BCUT2D eigenvalue weighted by atomic mass is 10.2. The maximum atomic E-state index is 5.89. The first-order valence-electron chi connectivity index (χ1n) is 6.14. The van der Waals surface area contributed by atoms with Crippen molar-refractivity contribution >= 4 is 26.7 Å².